The van der Waals surface area contributed by atoms with Gasteiger partial charge in [0.1, 0.15) is 5.92 Å². The van der Waals surface area contributed by atoms with E-state index < -0.39 is 0 Å². The first-order chi connectivity index (χ1) is 10.3. The van der Waals surface area contributed by atoms with Crippen LogP contribution in [0.15, 0.2) is 30.3 Å². The van der Waals surface area contributed by atoms with Gasteiger partial charge in [0.15, 0.2) is 11.6 Å². The summed E-state index contributed by atoms with van der Waals surface area (Å²) in [6, 6.07) is 9.46. The van der Waals surface area contributed by atoms with Gasteiger partial charge in [-0.25, -0.2) is 0 Å². The second-order valence-electron chi connectivity index (χ2n) is 5.92. The van der Waals surface area contributed by atoms with Crippen LogP contribution >= 0.6 is 0 Å². The van der Waals surface area contributed by atoms with E-state index in [-0.39, 0.29) is 11.6 Å². The molecule has 0 atom stereocenters. The maximum atomic E-state index is 12.5. The van der Waals surface area contributed by atoms with Crippen molar-refractivity contribution in [1.82, 2.24) is 0 Å². The minimum Gasteiger partial charge on any atom is -0.298 e. The van der Waals surface area contributed by atoms with Crippen LogP contribution in [0.4, 0.5) is 0 Å². The molecule has 0 aliphatic heterocycles. The molecule has 1 radical (unpaired) electrons. The Bertz CT molecular complexity index is 426. The summed E-state index contributed by atoms with van der Waals surface area (Å²) in [5.41, 5.74) is 0.794. The molecule has 113 valence electrons. The lowest BCUT2D eigenvalue weighted by molar-refractivity contribution is -0.123. The summed E-state index contributed by atoms with van der Waals surface area (Å²) in [6.07, 6.45) is 9.97. The van der Waals surface area contributed by atoms with E-state index in [2.05, 4.69) is 0 Å². The molecule has 21 heavy (non-hydrogen) atoms. The highest BCUT2D eigenvalue weighted by Gasteiger charge is 2.28. The van der Waals surface area contributed by atoms with Gasteiger partial charge in [-0.05, 0) is 18.4 Å². The number of rotatable bonds is 1. The fraction of sp³-hybridized carbons (Fsp3) is 0.526. The minimum absolute atomic E-state index is 0.0328. The largest absolute Gasteiger partial charge is 0.298 e. The molecule has 2 nitrogen and oxygen atoms in total. The summed E-state index contributed by atoms with van der Waals surface area (Å²) < 4.78 is 0. The van der Waals surface area contributed by atoms with Gasteiger partial charge in [0.2, 0.25) is 0 Å². The topological polar surface area (TPSA) is 34.1 Å². The number of ketones is 2. The van der Waals surface area contributed by atoms with E-state index in [0.29, 0.717) is 18.8 Å². The third kappa shape index (κ3) is 5.11. The maximum absolute atomic E-state index is 12.5. The Morgan fingerprint density at radius 2 is 1.00 bits per heavy atom. The highest BCUT2D eigenvalue weighted by Crippen LogP contribution is 2.23. The van der Waals surface area contributed by atoms with Crippen LogP contribution in [0.25, 0.3) is 0 Å². The number of hydrogen-bond acceptors (Lipinski definition) is 2. The molecule has 0 aromatic heterocycles. The molecule has 0 N–H and O–H groups in total. The lowest BCUT2D eigenvalue weighted by atomic mass is 9.86. The van der Waals surface area contributed by atoms with Crippen LogP contribution in [0.5, 0.6) is 0 Å². The SMILES string of the molecule is O=C1CCCCCCCCCCC(=O)[C]1c1ccccc1. The molecule has 1 aromatic rings. The molecule has 0 bridgehead atoms. The molecule has 1 aromatic carbocycles. The van der Waals surface area contributed by atoms with Crippen LogP contribution in [-0.4, -0.2) is 11.6 Å². The van der Waals surface area contributed by atoms with Gasteiger partial charge in [-0.2, -0.15) is 0 Å². The fourth-order valence-electron chi connectivity index (χ4n) is 2.96. The van der Waals surface area contributed by atoms with E-state index in [0.717, 1.165) is 31.2 Å². The number of carbonyl (C=O) groups excluding carboxylic acids is 2. The molecule has 2 heteroatoms. The normalized spacial score (nSPS) is 20.4. The number of hydrogen-bond donors (Lipinski definition) is 0. The molecule has 1 aliphatic rings. The van der Waals surface area contributed by atoms with Gasteiger partial charge in [-0.3, -0.25) is 9.59 Å². The van der Waals surface area contributed by atoms with Crippen molar-refractivity contribution >= 4 is 11.6 Å². The zero-order valence-electron chi connectivity index (χ0n) is 12.8. The molecule has 0 amide bonds. The van der Waals surface area contributed by atoms with E-state index in [9.17, 15) is 9.59 Å². The van der Waals surface area contributed by atoms with Gasteiger partial charge in [-0.15, -0.1) is 0 Å². The molecular formula is C19H25O2. The van der Waals surface area contributed by atoms with Crippen molar-refractivity contribution in [3.05, 3.63) is 41.8 Å². The molecule has 0 spiro atoms. The standard InChI is InChI=1S/C19H25O2/c20-17-14-10-5-3-1-2-4-6-11-15-18(21)19(17)16-12-8-7-9-13-16/h7-9,12-13H,1-6,10-11,14-15H2. The van der Waals surface area contributed by atoms with Gasteiger partial charge in [0.25, 0.3) is 0 Å². The van der Waals surface area contributed by atoms with Crippen LogP contribution in [0.1, 0.15) is 69.8 Å². The number of carbonyl (C=O) groups is 2. The first-order valence-electron chi connectivity index (χ1n) is 8.28. The van der Waals surface area contributed by atoms with E-state index in [1.807, 2.05) is 30.3 Å². The number of Topliss-reactive ketones (excluding diaryl/α,β-unsaturated/α-hetero) is 2. The molecule has 0 unspecified atom stereocenters. The predicted octanol–water partition coefficient (Wildman–Crippen LogP) is 4.66. The van der Waals surface area contributed by atoms with Crippen LogP contribution < -0.4 is 0 Å². The fourth-order valence-corrected chi connectivity index (χ4v) is 2.96. The Balaban J connectivity index is 2.11. The van der Waals surface area contributed by atoms with Crippen molar-refractivity contribution < 1.29 is 9.59 Å². The van der Waals surface area contributed by atoms with Gasteiger partial charge in [0, 0.05) is 12.8 Å². The van der Waals surface area contributed by atoms with Gasteiger partial charge in [-0.1, -0.05) is 68.9 Å². The van der Waals surface area contributed by atoms with Crippen LogP contribution in [0.3, 0.4) is 0 Å². The van der Waals surface area contributed by atoms with Crippen molar-refractivity contribution in [3.8, 4) is 0 Å². The van der Waals surface area contributed by atoms with Crippen molar-refractivity contribution in [2.45, 2.75) is 64.2 Å². The van der Waals surface area contributed by atoms with Gasteiger partial charge in [0.05, 0.1) is 0 Å². The van der Waals surface area contributed by atoms with E-state index in [1.54, 1.807) is 0 Å². The summed E-state index contributed by atoms with van der Waals surface area (Å²) >= 11 is 0. The molecule has 1 fully saturated rings. The smallest absolute Gasteiger partial charge is 0.152 e. The highest BCUT2D eigenvalue weighted by atomic mass is 16.1. The van der Waals surface area contributed by atoms with Crippen LogP contribution in [0.2, 0.25) is 0 Å². The summed E-state index contributed by atoms with van der Waals surface area (Å²) in [5.74, 6) is 0.505. The minimum atomic E-state index is 0.0328. The Morgan fingerprint density at radius 1 is 0.571 bits per heavy atom. The molecule has 0 saturated heterocycles. The van der Waals surface area contributed by atoms with Crippen LogP contribution in [-0.2, 0) is 9.59 Å². The molecular weight excluding hydrogens is 260 g/mol. The quantitative estimate of drug-likeness (QED) is 0.752. The highest BCUT2D eigenvalue weighted by molar-refractivity contribution is 6.19. The number of benzene rings is 1. The Kier molecular flexibility index (Phi) is 6.65. The summed E-state index contributed by atoms with van der Waals surface area (Å²) in [7, 11) is 0. The lowest BCUT2D eigenvalue weighted by Gasteiger charge is -2.14. The Morgan fingerprint density at radius 3 is 1.48 bits per heavy atom. The van der Waals surface area contributed by atoms with E-state index >= 15 is 0 Å². The third-order valence-corrected chi connectivity index (χ3v) is 4.18. The summed E-state index contributed by atoms with van der Waals surface area (Å²) in [5, 5.41) is 0. The summed E-state index contributed by atoms with van der Waals surface area (Å²) in [6.45, 7) is 0. The van der Waals surface area contributed by atoms with Gasteiger partial charge < -0.3 is 0 Å². The average Bonchev–Trinajstić information content (AvgIpc) is 2.51. The first-order valence-corrected chi connectivity index (χ1v) is 8.28. The summed E-state index contributed by atoms with van der Waals surface area (Å²) in [4.78, 5) is 24.9. The first kappa shape index (κ1) is 15.9. The monoisotopic (exact) mass is 285 g/mol. The van der Waals surface area contributed by atoms with Crippen molar-refractivity contribution in [2.24, 2.45) is 0 Å². The molecule has 2 rings (SSSR count). The van der Waals surface area contributed by atoms with Crippen molar-refractivity contribution in [1.29, 1.82) is 0 Å². The lowest BCUT2D eigenvalue weighted by Crippen LogP contribution is -2.23. The van der Waals surface area contributed by atoms with Crippen molar-refractivity contribution in [2.75, 3.05) is 0 Å². The second kappa shape index (κ2) is 8.76. The second-order valence-corrected chi connectivity index (χ2v) is 5.92. The third-order valence-electron chi connectivity index (χ3n) is 4.18. The maximum Gasteiger partial charge on any atom is 0.152 e. The Hall–Kier alpha value is -1.44. The zero-order valence-corrected chi connectivity index (χ0v) is 12.8. The van der Waals surface area contributed by atoms with Crippen LogP contribution in [0, 0.1) is 5.92 Å². The van der Waals surface area contributed by atoms with Crippen molar-refractivity contribution in [3.63, 3.8) is 0 Å². The average molecular weight is 285 g/mol. The van der Waals surface area contributed by atoms with E-state index in [1.165, 1.54) is 25.7 Å². The molecule has 1 saturated carbocycles. The molecule has 0 heterocycles. The van der Waals surface area contributed by atoms with E-state index in [4.69, 9.17) is 0 Å². The Labute approximate surface area is 127 Å². The zero-order chi connectivity index (χ0) is 14.9. The van der Waals surface area contributed by atoms with Gasteiger partial charge >= 0.3 is 0 Å². The predicted molar refractivity (Wildman–Crippen MR) is 85.0 cm³/mol. The molecule has 1 aliphatic carbocycles.